The Kier molecular flexibility index (Phi) is 6.09. The van der Waals surface area contributed by atoms with Crippen molar-refractivity contribution in [1.29, 1.82) is 0 Å². The number of aryl methyl sites for hydroxylation is 1. The topological polar surface area (TPSA) is 129 Å². The highest BCUT2D eigenvalue weighted by atomic mass is 32.2. The number of nitrogens with zero attached hydrogens (tertiary/aromatic N) is 2. The molecule has 150 valence electrons. The first-order valence-electron chi connectivity index (χ1n) is 8.51. The quantitative estimate of drug-likeness (QED) is 0.517. The molecule has 0 bridgehead atoms. The third-order valence-corrected chi connectivity index (χ3v) is 7.47. The Balaban J connectivity index is 1.73. The van der Waals surface area contributed by atoms with Gasteiger partial charge in [-0.2, -0.15) is 4.98 Å². The van der Waals surface area contributed by atoms with Crippen molar-refractivity contribution >= 4 is 25.5 Å². The number of ether oxygens (including phenoxy) is 1. The number of aliphatic hydroxyl groups is 1. The highest BCUT2D eigenvalue weighted by Crippen LogP contribution is 2.56. The molecule has 0 aromatic carbocycles. The fourth-order valence-electron chi connectivity index (χ4n) is 2.89. The Labute approximate surface area is 160 Å². The van der Waals surface area contributed by atoms with E-state index < -0.39 is 43.0 Å². The van der Waals surface area contributed by atoms with Crippen LogP contribution in [0.25, 0.3) is 0 Å². The lowest BCUT2D eigenvalue weighted by Gasteiger charge is -2.33. The number of rotatable bonds is 5. The summed E-state index contributed by atoms with van der Waals surface area (Å²) in [6, 6.07) is 0.764. The van der Waals surface area contributed by atoms with E-state index in [1.165, 1.54) is 23.3 Å². The van der Waals surface area contributed by atoms with Gasteiger partial charge in [0, 0.05) is 11.9 Å². The maximum atomic E-state index is 12.8. The molecule has 3 rings (SSSR count). The van der Waals surface area contributed by atoms with Gasteiger partial charge in [-0.25, -0.2) is 14.4 Å². The molecule has 1 unspecified atom stereocenters. The largest absolute Gasteiger partial charge is 0.465 e. The van der Waals surface area contributed by atoms with Crippen LogP contribution in [0.15, 0.2) is 17.1 Å². The molecule has 2 N–H and O–H groups in total. The number of nitrogens with one attached hydrogen (secondary N) is 1. The molecule has 0 saturated carbocycles. The smallest absolute Gasteiger partial charge is 0.406 e. The predicted molar refractivity (Wildman–Crippen MR) is 97.3 cm³/mol. The average Bonchev–Trinajstić information content (AvgIpc) is 2.91. The monoisotopic (exact) mass is 419 g/mol. The Hall–Kier alpha value is -1.23. The molecule has 2 saturated heterocycles. The van der Waals surface area contributed by atoms with Crippen LogP contribution in [0.5, 0.6) is 0 Å². The van der Waals surface area contributed by atoms with Crippen molar-refractivity contribution in [3.63, 3.8) is 0 Å². The van der Waals surface area contributed by atoms with Crippen molar-refractivity contribution < 1.29 is 28.3 Å². The van der Waals surface area contributed by atoms with Gasteiger partial charge in [-0.1, -0.05) is 0 Å². The zero-order valence-electron chi connectivity index (χ0n) is 15.1. The van der Waals surface area contributed by atoms with Gasteiger partial charge in [-0.15, -0.1) is 11.8 Å². The Morgan fingerprint density at radius 2 is 2.37 bits per heavy atom. The SMILES string of the molecule is CCOC(=O)[C@@H](C)NP1(=O)OC[C@H]2S[C@@H](n3ccc(C)nc3=O)[C@@H](O)[C@@H]2O1. The van der Waals surface area contributed by atoms with Crippen LogP contribution in [0.3, 0.4) is 0 Å². The Bertz CT molecular complexity index is 819. The molecule has 0 amide bonds. The molecule has 1 aromatic heterocycles. The zero-order valence-corrected chi connectivity index (χ0v) is 16.8. The van der Waals surface area contributed by atoms with E-state index >= 15 is 0 Å². The molecule has 1 aromatic rings. The molecule has 2 aliphatic rings. The molecule has 27 heavy (non-hydrogen) atoms. The summed E-state index contributed by atoms with van der Waals surface area (Å²) in [6.45, 7) is 5.08. The van der Waals surface area contributed by atoms with Crippen LogP contribution < -0.4 is 10.8 Å². The number of aliphatic hydroxyl groups excluding tert-OH is 1. The summed E-state index contributed by atoms with van der Waals surface area (Å²) < 4.78 is 29.9. The molecule has 2 fully saturated rings. The van der Waals surface area contributed by atoms with E-state index in [9.17, 15) is 19.3 Å². The minimum absolute atomic E-state index is 0.0384. The lowest BCUT2D eigenvalue weighted by Crippen LogP contribution is -2.44. The minimum Gasteiger partial charge on any atom is -0.465 e. The van der Waals surface area contributed by atoms with Gasteiger partial charge in [0.2, 0.25) is 0 Å². The van der Waals surface area contributed by atoms with Crippen molar-refractivity contribution in [1.82, 2.24) is 14.6 Å². The van der Waals surface area contributed by atoms with E-state index in [0.29, 0.717) is 5.69 Å². The van der Waals surface area contributed by atoms with Crippen LogP contribution in [0.4, 0.5) is 0 Å². The summed E-state index contributed by atoms with van der Waals surface area (Å²) in [4.78, 5) is 27.7. The predicted octanol–water partition coefficient (Wildman–Crippen LogP) is 0.591. The summed E-state index contributed by atoms with van der Waals surface area (Å²) in [7, 11) is -3.82. The fourth-order valence-corrected chi connectivity index (χ4v) is 6.28. The molecule has 0 aliphatic carbocycles. The summed E-state index contributed by atoms with van der Waals surface area (Å²) in [5.41, 5.74) is 0.0933. The molecular formula is C15H22N3O7PS. The van der Waals surface area contributed by atoms with Crippen molar-refractivity contribution in [3.8, 4) is 0 Å². The summed E-state index contributed by atoms with van der Waals surface area (Å²) in [5, 5.41) is 12.2. The number of fused-ring (bicyclic) bond motifs is 1. The summed E-state index contributed by atoms with van der Waals surface area (Å²) in [6.07, 6.45) is -0.362. The van der Waals surface area contributed by atoms with Crippen LogP contribution in [0.2, 0.25) is 0 Å². The number of carbonyl (C=O) groups is 1. The Morgan fingerprint density at radius 1 is 1.63 bits per heavy atom. The third kappa shape index (κ3) is 4.28. The molecule has 10 nitrogen and oxygen atoms in total. The van der Waals surface area contributed by atoms with Crippen molar-refractivity contribution in [2.45, 2.75) is 49.6 Å². The van der Waals surface area contributed by atoms with Crippen molar-refractivity contribution in [2.75, 3.05) is 13.2 Å². The molecule has 6 atom stereocenters. The number of aromatic nitrogens is 2. The van der Waals surface area contributed by atoms with Gasteiger partial charge in [0.25, 0.3) is 0 Å². The maximum absolute atomic E-state index is 12.8. The van der Waals surface area contributed by atoms with Gasteiger partial charge in [-0.3, -0.25) is 18.4 Å². The molecule has 12 heteroatoms. The first kappa shape index (κ1) is 20.5. The second-order valence-electron chi connectivity index (χ2n) is 6.28. The van der Waals surface area contributed by atoms with Crippen LogP contribution in [0, 0.1) is 6.92 Å². The van der Waals surface area contributed by atoms with E-state index in [1.54, 1.807) is 26.1 Å². The normalized spacial score (nSPS) is 34.1. The third-order valence-electron chi connectivity index (χ3n) is 4.21. The van der Waals surface area contributed by atoms with E-state index in [-0.39, 0.29) is 18.5 Å². The average molecular weight is 419 g/mol. The van der Waals surface area contributed by atoms with Crippen molar-refractivity contribution in [3.05, 3.63) is 28.4 Å². The highest BCUT2D eigenvalue weighted by molar-refractivity contribution is 8.00. The standard InChI is InChI=1S/C15H22N3O7PS/c1-4-23-14(20)9(3)17-26(22)24-7-10-12(25-26)11(19)13(27-10)18-6-5-8(2)16-15(18)21/h5-6,9-13,19H,4,7H2,1-3H3,(H,17,22)/t9-,10-,11+,12-,13-,26?/m1/s1. The van der Waals surface area contributed by atoms with E-state index in [1.807, 2.05) is 0 Å². The lowest BCUT2D eigenvalue weighted by molar-refractivity contribution is -0.144. The molecular weight excluding hydrogens is 397 g/mol. The fraction of sp³-hybridized carbons (Fsp3) is 0.667. The maximum Gasteiger partial charge on any atom is 0.406 e. The second-order valence-corrected chi connectivity index (χ2v) is 9.36. The van der Waals surface area contributed by atoms with Crippen LogP contribution in [-0.4, -0.2) is 57.3 Å². The summed E-state index contributed by atoms with van der Waals surface area (Å²) >= 11 is 1.29. The molecule has 2 aliphatic heterocycles. The number of esters is 1. The zero-order chi connectivity index (χ0) is 19.8. The summed E-state index contributed by atoms with van der Waals surface area (Å²) in [5.74, 6) is -0.585. The van der Waals surface area contributed by atoms with Crippen molar-refractivity contribution in [2.24, 2.45) is 0 Å². The number of thioether (sulfide) groups is 1. The first-order chi connectivity index (χ1) is 12.7. The minimum atomic E-state index is -3.82. The van der Waals surface area contributed by atoms with Gasteiger partial charge in [0.15, 0.2) is 0 Å². The highest BCUT2D eigenvalue weighted by Gasteiger charge is 2.52. The van der Waals surface area contributed by atoms with Gasteiger partial charge in [-0.05, 0) is 26.8 Å². The number of hydrogen-bond acceptors (Lipinski definition) is 9. The second kappa shape index (κ2) is 8.02. The van der Waals surface area contributed by atoms with Crippen LogP contribution >= 0.6 is 19.5 Å². The lowest BCUT2D eigenvalue weighted by atomic mass is 10.1. The molecule has 0 radical (unpaired) electrons. The van der Waals surface area contributed by atoms with E-state index in [4.69, 9.17) is 13.8 Å². The molecule has 3 heterocycles. The molecule has 0 spiro atoms. The van der Waals surface area contributed by atoms with Gasteiger partial charge in [0.1, 0.15) is 23.6 Å². The van der Waals surface area contributed by atoms with Gasteiger partial charge < -0.3 is 9.84 Å². The first-order valence-corrected chi connectivity index (χ1v) is 11.0. The van der Waals surface area contributed by atoms with Gasteiger partial charge in [0.05, 0.1) is 18.5 Å². The van der Waals surface area contributed by atoms with Crippen LogP contribution in [0.1, 0.15) is 24.9 Å². The Morgan fingerprint density at radius 3 is 3.04 bits per heavy atom. The van der Waals surface area contributed by atoms with Crippen LogP contribution in [-0.2, 0) is 23.1 Å². The number of carbonyl (C=O) groups excluding carboxylic acids is 1. The van der Waals surface area contributed by atoms with E-state index in [2.05, 4.69) is 10.1 Å². The van der Waals surface area contributed by atoms with Gasteiger partial charge >= 0.3 is 19.4 Å². The number of hydrogen-bond donors (Lipinski definition) is 2. The van der Waals surface area contributed by atoms with E-state index in [0.717, 1.165) is 0 Å².